The topological polar surface area (TPSA) is 40.5 Å². The van der Waals surface area contributed by atoms with Crippen molar-refractivity contribution in [3.8, 4) is 0 Å². The molecule has 3 heteroatoms. The second-order valence-electron chi connectivity index (χ2n) is 5.27. The predicted octanol–water partition coefficient (Wildman–Crippen LogP) is 3.14. The van der Waals surface area contributed by atoms with Crippen molar-refractivity contribution in [3.63, 3.8) is 0 Å². The molecule has 0 aromatic carbocycles. The third-order valence-electron chi connectivity index (χ3n) is 3.63. The van der Waals surface area contributed by atoms with Crippen LogP contribution in [0.2, 0.25) is 0 Å². The summed E-state index contributed by atoms with van der Waals surface area (Å²) in [6, 6.07) is 0. The highest BCUT2D eigenvalue weighted by atomic mass is 16.4. The fourth-order valence-electron chi connectivity index (χ4n) is 2.38. The van der Waals surface area contributed by atoms with Crippen LogP contribution in [0.25, 0.3) is 0 Å². The molecular formula is C14H27NO2. The van der Waals surface area contributed by atoms with Gasteiger partial charge in [0.05, 0.1) is 5.92 Å². The van der Waals surface area contributed by atoms with Gasteiger partial charge >= 0.3 is 5.97 Å². The van der Waals surface area contributed by atoms with Gasteiger partial charge in [-0.15, -0.1) is 0 Å². The molecule has 0 aliphatic carbocycles. The van der Waals surface area contributed by atoms with Gasteiger partial charge in [-0.05, 0) is 13.0 Å². The molecule has 1 rings (SSSR count). The van der Waals surface area contributed by atoms with Crippen LogP contribution in [0.5, 0.6) is 0 Å². The van der Waals surface area contributed by atoms with E-state index in [1.807, 2.05) is 0 Å². The lowest BCUT2D eigenvalue weighted by Gasteiger charge is -2.36. The minimum absolute atomic E-state index is 0.0935. The molecule has 0 saturated carbocycles. The Labute approximate surface area is 105 Å². The smallest absolute Gasteiger partial charge is 0.309 e. The SMILES string of the molecule is CCCCCCCCCCN1CC(C(=O)O)C1. The molecule has 0 radical (unpaired) electrons. The summed E-state index contributed by atoms with van der Waals surface area (Å²) < 4.78 is 0. The Balaban J connectivity index is 1.78. The normalized spacial score (nSPS) is 17.0. The summed E-state index contributed by atoms with van der Waals surface area (Å²) >= 11 is 0. The van der Waals surface area contributed by atoms with Gasteiger partial charge < -0.3 is 10.0 Å². The minimum atomic E-state index is -0.628. The standard InChI is InChI=1S/C14H27NO2/c1-2-3-4-5-6-7-8-9-10-15-11-13(12-15)14(16)17/h13H,2-12H2,1H3,(H,16,17). The highest BCUT2D eigenvalue weighted by Gasteiger charge is 2.31. The van der Waals surface area contributed by atoms with E-state index in [0.29, 0.717) is 0 Å². The molecule has 100 valence electrons. The predicted molar refractivity (Wildman–Crippen MR) is 70.2 cm³/mol. The van der Waals surface area contributed by atoms with Crippen molar-refractivity contribution >= 4 is 5.97 Å². The molecular weight excluding hydrogens is 214 g/mol. The Bertz CT molecular complexity index is 212. The summed E-state index contributed by atoms with van der Waals surface area (Å²) in [6.45, 7) is 4.88. The van der Waals surface area contributed by atoms with E-state index >= 15 is 0 Å². The van der Waals surface area contributed by atoms with Crippen molar-refractivity contribution in [2.75, 3.05) is 19.6 Å². The number of carbonyl (C=O) groups is 1. The Morgan fingerprint density at radius 3 is 2.12 bits per heavy atom. The number of unbranched alkanes of at least 4 members (excludes halogenated alkanes) is 7. The molecule has 1 saturated heterocycles. The average molecular weight is 241 g/mol. The third kappa shape index (κ3) is 6.06. The van der Waals surface area contributed by atoms with Crippen molar-refractivity contribution in [3.05, 3.63) is 0 Å². The number of hydrogen-bond acceptors (Lipinski definition) is 2. The zero-order valence-electron chi connectivity index (χ0n) is 11.2. The summed E-state index contributed by atoms with van der Waals surface area (Å²) in [4.78, 5) is 12.9. The van der Waals surface area contributed by atoms with Crippen LogP contribution in [0, 0.1) is 5.92 Å². The molecule has 0 aromatic rings. The largest absolute Gasteiger partial charge is 0.481 e. The van der Waals surface area contributed by atoms with Gasteiger partial charge in [-0.25, -0.2) is 0 Å². The molecule has 3 nitrogen and oxygen atoms in total. The van der Waals surface area contributed by atoms with Gasteiger partial charge in [0.15, 0.2) is 0 Å². The van der Waals surface area contributed by atoms with Crippen molar-refractivity contribution in [2.24, 2.45) is 5.92 Å². The van der Waals surface area contributed by atoms with Crippen molar-refractivity contribution in [1.82, 2.24) is 4.90 Å². The quantitative estimate of drug-likeness (QED) is 0.597. The first-order valence-corrected chi connectivity index (χ1v) is 7.19. The monoisotopic (exact) mass is 241 g/mol. The van der Waals surface area contributed by atoms with Gasteiger partial charge in [-0.1, -0.05) is 51.9 Å². The van der Waals surface area contributed by atoms with Crippen LogP contribution < -0.4 is 0 Å². The van der Waals surface area contributed by atoms with Crippen molar-refractivity contribution in [1.29, 1.82) is 0 Å². The molecule has 17 heavy (non-hydrogen) atoms. The molecule has 1 heterocycles. The van der Waals surface area contributed by atoms with E-state index in [0.717, 1.165) is 19.6 Å². The Kier molecular flexibility index (Phi) is 7.25. The Morgan fingerprint density at radius 1 is 1.06 bits per heavy atom. The average Bonchev–Trinajstić information content (AvgIpc) is 2.23. The Hall–Kier alpha value is -0.570. The number of carboxylic acid groups (broad SMARTS) is 1. The van der Waals surface area contributed by atoms with E-state index in [1.165, 1.54) is 51.4 Å². The number of hydrogen-bond donors (Lipinski definition) is 1. The van der Waals surface area contributed by atoms with Crippen LogP contribution in [0.15, 0.2) is 0 Å². The van der Waals surface area contributed by atoms with E-state index in [1.54, 1.807) is 0 Å². The van der Waals surface area contributed by atoms with Crippen LogP contribution >= 0.6 is 0 Å². The lowest BCUT2D eigenvalue weighted by molar-refractivity contribution is -0.147. The second-order valence-corrected chi connectivity index (χ2v) is 5.27. The van der Waals surface area contributed by atoms with Gasteiger partial charge in [0.1, 0.15) is 0 Å². The molecule has 0 bridgehead atoms. The maximum atomic E-state index is 10.6. The van der Waals surface area contributed by atoms with E-state index in [-0.39, 0.29) is 5.92 Å². The first kappa shape index (κ1) is 14.5. The minimum Gasteiger partial charge on any atom is -0.481 e. The number of rotatable bonds is 10. The van der Waals surface area contributed by atoms with Crippen LogP contribution in [-0.4, -0.2) is 35.6 Å². The number of nitrogens with zero attached hydrogens (tertiary/aromatic N) is 1. The molecule has 0 amide bonds. The maximum Gasteiger partial charge on any atom is 0.309 e. The van der Waals surface area contributed by atoms with Gasteiger partial charge in [-0.2, -0.15) is 0 Å². The van der Waals surface area contributed by atoms with Crippen LogP contribution in [-0.2, 0) is 4.79 Å². The van der Waals surface area contributed by atoms with E-state index in [9.17, 15) is 4.79 Å². The lowest BCUT2D eigenvalue weighted by Crippen LogP contribution is -2.50. The second kappa shape index (κ2) is 8.51. The van der Waals surface area contributed by atoms with Crippen LogP contribution in [0.1, 0.15) is 58.3 Å². The molecule has 0 atom stereocenters. The van der Waals surface area contributed by atoms with Crippen molar-refractivity contribution in [2.45, 2.75) is 58.3 Å². The highest BCUT2D eigenvalue weighted by Crippen LogP contribution is 2.16. The van der Waals surface area contributed by atoms with E-state index in [4.69, 9.17) is 5.11 Å². The summed E-state index contributed by atoms with van der Waals surface area (Å²) in [5.74, 6) is -0.721. The molecule has 0 aromatic heterocycles. The first-order chi connectivity index (χ1) is 8.24. The zero-order chi connectivity index (χ0) is 12.5. The molecule has 0 spiro atoms. The molecule has 1 fully saturated rings. The molecule has 0 unspecified atom stereocenters. The molecule has 1 aliphatic rings. The van der Waals surface area contributed by atoms with Gasteiger partial charge in [0.2, 0.25) is 0 Å². The van der Waals surface area contributed by atoms with Gasteiger partial charge in [0, 0.05) is 13.1 Å². The summed E-state index contributed by atoms with van der Waals surface area (Å²) in [6.07, 6.45) is 10.7. The van der Waals surface area contributed by atoms with Crippen molar-refractivity contribution < 1.29 is 9.90 Å². The fraction of sp³-hybridized carbons (Fsp3) is 0.929. The van der Waals surface area contributed by atoms with E-state index < -0.39 is 5.97 Å². The molecule has 1 N–H and O–H groups in total. The fourth-order valence-corrected chi connectivity index (χ4v) is 2.38. The highest BCUT2D eigenvalue weighted by molar-refractivity contribution is 5.71. The Morgan fingerprint density at radius 2 is 1.59 bits per heavy atom. The summed E-state index contributed by atoms with van der Waals surface area (Å²) in [5.41, 5.74) is 0. The number of carboxylic acids is 1. The van der Waals surface area contributed by atoms with E-state index in [2.05, 4.69) is 11.8 Å². The molecule has 1 aliphatic heterocycles. The third-order valence-corrected chi connectivity index (χ3v) is 3.63. The lowest BCUT2D eigenvalue weighted by atomic mass is 10.00. The zero-order valence-corrected chi connectivity index (χ0v) is 11.2. The van der Waals surface area contributed by atoms with Crippen LogP contribution in [0.4, 0.5) is 0 Å². The van der Waals surface area contributed by atoms with Gasteiger partial charge in [-0.3, -0.25) is 4.79 Å². The summed E-state index contributed by atoms with van der Waals surface area (Å²) in [7, 11) is 0. The maximum absolute atomic E-state index is 10.6. The number of aliphatic carboxylic acids is 1. The number of likely N-dealkylation sites (tertiary alicyclic amines) is 1. The summed E-state index contributed by atoms with van der Waals surface area (Å²) in [5, 5.41) is 8.74. The van der Waals surface area contributed by atoms with Crippen LogP contribution in [0.3, 0.4) is 0 Å². The first-order valence-electron chi connectivity index (χ1n) is 7.19. The van der Waals surface area contributed by atoms with Gasteiger partial charge in [0.25, 0.3) is 0 Å².